The Morgan fingerprint density at radius 1 is 1.45 bits per heavy atom. The van der Waals surface area contributed by atoms with Crippen LogP contribution in [0.2, 0.25) is 0 Å². The lowest BCUT2D eigenvalue weighted by atomic mass is 10.3. The summed E-state index contributed by atoms with van der Waals surface area (Å²) in [4.78, 5) is 0. The molecular formula is C8H14FN5O4S2. The summed E-state index contributed by atoms with van der Waals surface area (Å²) >= 11 is 0. The molecule has 1 fully saturated rings. The minimum absolute atomic E-state index is 0.0582. The summed E-state index contributed by atoms with van der Waals surface area (Å²) in [6.07, 6.45) is 1.31. The van der Waals surface area contributed by atoms with E-state index < -0.39 is 26.5 Å². The molecule has 0 amide bonds. The van der Waals surface area contributed by atoms with Crippen molar-refractivity contribution in [3.8, 4) is 0 Å². The van der Waals surface area contributed by atoms with E-state index in [4.69, 9.17) is 0 Å². The van der Waals surface area contributed by atoms with Crippen molar-refractivity contribution >= 4 is 20.4 Å². The quantitative estimate of drug-likeness (QED) is 0.684. The van der Waals surface area contributed by atoms with Gasteiger partial charge in [0.15, 0.2) is 5.03 Å². The van der Waals surface area contributed by atoms with E-state index in [1.165, 1.54) is 4.68 Å². The van der Waals surface area contributed by atoms with Gasteiger partial charge in [-0.15, -0.1) is 5.10 Å². The average Bonchev–Trinajstić information content (AvgIpc) is 2.94. The summed E-state index contributed by atoms with van der Waals surface area (Å²) in [5.74, 6) is 0. The van der Waals surface area contributed by atoms with Gasteiger partial charge in [-0.05, 0) is 13.3 Å². The van der Waals surface area contributed by atoms with Crippen molar-refractivity contribution in [1.82, 2.24) is 24.0 Å². The Hall–Kier alpha value is -1.11. The molecule has 0 aromatic carbocycles. The van der Waals surface area contributed by atoms with Crippen LogP contribution in [0.5, 0.6) is 0 Å². The summed E-state index contributed by atoms with van der Waals surface area (Å²) < 4.78 is 62.6. The van der Waals surface area contributed by atoms with E-state index in [-0.39, 0.29) is 24.5 Å². The summed E-state index contributed by atoms with van der Waals surface area (Å²) in [6, 6.07) is -0.675. The second-order valence-electron chi connectivity index (χ2n) is 4.29. The highest BCUT2D eigenvalue weighted by Gasteiger charge is 2.34. The zero-order valence-corrected chi connectivity index (χ0v) is 12.2. The molecule has 1 aliphatic heterocycles. The lowest BCUT2D eigenvalue weighted by molar-refractivity contribution is 0.430. The smallest absolute Gasteiger partial charge is 0.233 e. The van der Waals surface area contributed by atoms with E-state index in [1.54, 1.807) is 6.92 Å². The molecule has 0 aliphatic carbocycles. The molecule has 20 heavy (non-hydrogen) atoms. The topological polar surface area (TPSA) is 114 Å². The van der Waals surface area contributed by atoms with Crippen LogP contribution in [0.15, 0.2) is 11.2 Å². The van der Waals surface area contributed by atoms with Crippen molar-refractivity contribution < 1.29 is 20.7 Å². The molecule has 114 valence electrons. The molecule has 0 radical (unpaired) electrons. The van der Waals surface area contributed by atoms with Crippen molar-refractivity contribution in [2.45, 2.75) is 31.0 Å². The van der Waals surface area contributed by atoms with Crippen LogP contribution in [0.3, 0.4) is 0 Å². The molecule has 1 aliphatic rings. The number of halogens is 1. The highest BCUT2D eigenvalue weighted by Crippen LogP contribution is 2.17. The van der Waals surface area contributed by atoms with Crippen LogP contribution in [0.4, 0.5) is 3.89 Å². The van der Waals surface area contributed by atoms with Crippen LogP contribution < -0.4 is 4.72 Å². The maximum atomic E-state index is 12.8. The number of hydrogen-bond donors (Lipinski definition) is 1. The summed E-state index contributed by atoms with van der Waals surface area (Å²) in [5.41, 5.74) is 0. The third kappa shape index (κ3) is 3.13. The fraction of sp³-hybridized carbons (Fsp3) is 0.750. The van der Waals surface area contributed by atoms with E-state index in [0.717, 1.165) is 6.20 Å². The summed E-state index contributed by atoms with van der Waals surface area (Å²) in [6.45, 7) is 1.75. The first-order chi connectivity index (χ1) is 9.24. The van der Waals surface area contributed by atoms with Gasteiger partial charge in [0.1, 0.15) is 0 Å². The number of nitrogens with zero attached hydrogens (tertiary/aromatic N) is 4. The van der Waals surface area contributed by atoms with Crippen molar-refractivity contribution in [2.75, 3.05) is 13.1 Å². The SMILES string of the molecule is CCn1nncc1S(=O)(=O)NC1CCN(S(=O)(=O)F)C1. The van der Waals surface area contributed by atoms with E-state index in [9.17, 15) is 20.7 Å². The predicted octanol–water partition coefficient (Wildman–Crippen LogP) is -1.14. The Labute approximate surface area is 116 Å². The van der Waals surface area contributed by atoms with Gasteiger partial charge in [-0.2, -0.15) is 12.7 Å². The lowest BCUT2D eigenvalue weighted by Gasteiger charge is -2.13. The Morgan fingerprint density at radius 2 is 2.15 bits per heavy atom. The molecule has 1 aromatic heterocycles. The van der Waals surface area contributed by atoms with Crippen molar-refractivity contribution in [1.29, 1.82) is 0 Å². The minimum Gasteiger partial charge on any atom is -0.233 e. The molecule has 1 unspecified atom stereocenters. The molecule has 12 heteroatoms. The standard InChI is InChI=1S/C8H14FN5O4S2/c1-2-14-8(5-10-12-14)19(15,16)11-7-3-4-13(6-7)20(9,17)18/h5,7,11H,2-4,6H2,1H3. The summed E-state index contributed by atoms with van der Waals surface area (Å²) in [5, 5.41) is 7.02. The monoisotopic (exact) mass is 327 g/mol. The van der Waals surface area contributed by atoms with E-state index in [0.29, 0.717) is 10.8 Å². The number of aryl methyl sites for hydroxylation is 1. The van der Waals surface area contributed by atoms with Gasteiger partial charge < -0.3 is 0 Å². The Balaban J connectivity index is 2.11. The predicted molar refractivity (Wildman–Crippen MR) is 66.0 cm³/mol. The molecule has 0 bridgehead atoms. The highest BCUT2D eigenvalue weighted by molar-refractivity contribution is 7.89. The van der Waals surface area contributed by atoms with Crippen molar-refractivity contribution in [3.05, 3.63) is 6.20 Å². The van der Waals surface area contributed by atoms with Gasteiger partial charge in [-0.3, -0.25) is 0 Å². The van der Waals surface area contributed by atoms with Crippen LogP contribution >= 0.6 is 0 Å². The first-order valence-electron chi connectivity index (χ1n) is 5.84. The molecule has 2 rings (SSSR count). The Bertz CT molecular complexity index is 685. The normalized spacial score (nSPS) is 21.4. The number of hydrogen-bond acceptors (Lipinski definition) is 6. The third-order valence-electron chi connectivity index (χ3n) is 2.94. The van der Waals surface area contributed by atoms with E-state index in [2.05, 4.69) is 15.0 Å². The number of rotatable bonds is 5. The maximum Gasteiger partial charge on any atom is 0.374 e. The molecule has 1 saturated heterocycles. The largest absolute Gasteiger partial charge is 0.374 e. The second kappa shape index (κ2) is 5.35. The maximum absolute atomic E-state index is 12.8. The van der Waals surface area contributed by atoms with Crippen LogP contribution in [0.1, 0.15) is 13.3 Å². The van der Waals surface area contributed by atoms with Crippen LogP contribution in [-0.4, -0.2) is 55.3 Å². The van der Waals surface area contributed by atoms with Gasteiger partial charge in [-0.25, -0.2) is 17.8 Å². The van der Waals surface area contributed by atoms with Crippen molar-refractivity contribution in [3.63, 3.8) is 0 Å². The van der Waals surface area contributed by atoms with Crippen molar-refractivity contribution in [2.24, 2.45) is 0 Å². The molecule has 2 heterocycles. The Kier molecular flexibility index (Phi) is 4.09. The fourth-order valence-corrected chi connectivity index (χ4v) is 4.04. The number of sulfonamides is 1. The average molecular weight is 327 g/mol. The molecule has 1 aromatic rings. The third-order valence-corrected chi connectivity index (χ3v) is 5.40. The first kappa shape index (κ1) is 15.3. The van der Waals surface area contributed by atoms with Crippen LogP contribution in [-0.2, 0) is 27.0 Å². The lowest BCUT2D eigenvalue weighted by Crippen LogP contribution is -2.38. The second-order valence-corrected chi connectivity index (χ2v) is 7.30. The summed E-state index contributed by atoms with van der Waals surface area (Å²) in [7, 11) is -8.66. The molecule has 1 atom stereocenters. The molecule has 1 N–H and O–H groups in total. The number of nitrogens with one attached hydrogen (secondary N) is 1. The minimum atomic E-state index is -4.79. The van der Waals surface area contributed by atoms with Gasteiger partial charge in [0, 0.05) is 25.7 Å². The Morgan fingerprint density at radius 3 is 2.70 bits per heavy atom. The van der Waals surface area contributed by atoms with Gasteiger partial charge in [0.2, 0.25) is 0 Å². The van der Waals surface area contributed by atoms with Crippen LogP contribution in [0, 0.1) is 0 Å². The van der Waals surface area contributed by atoms with Crippen LogP contribution in [0.25, 0.3) is 0 Å². The molecule has 9 nitrogen and oxygen atoms in total. The molecule has 0 spiro atoms. The molecule has 0 saturated carbocycles. The molecular weight excluding hydrogens is 313 g/mol. The first-order valence-corrected chi connectivity index (χ1v) is 8.67. The number of aromatic nitrogens is 3. The van der Waals surface area contributed by atoms with Gasteiger partial charge in [0.25, 0.3) is 10.0 Å². The zero-order valence-electron chi connectivity index (χ0n) is 10.6. The highest BCUT2D eigenvalue weighted by atomic mass is 32.3. The zero-order chi connectivity index (χ0) is 15.0. The van der Waals surface area contributed by atoms with Gasteiger partial charge in [-0.1, -0.05) is 9.10 Å². The fourth-order valence-electron chi connectivity index (χ4n) is 1.98. The van der Waals surface area contributed by atoms with Gasteiger partial charge >= 0.3 is 10.4 Å². The van der Waals surface area contributed by atoms with E-state index >= 15 is 0 Å². The van der Waals surface area contributed by atoms with E-state index in [1.807, 2.05) is 0 Å². The van der Waals surface area contributed by atoms with Gasteiger partial charge in [0.05, 0.1) is 6.20 Å².